The number of rotatable bonds is 5. The van der Waals surface area contributed by atoms with Gasteiger partial charge in [-0.05, 0) is 5.56 Å². The number of hydrogen-bond acceptors (Lipinski definition) is 6. The number of ketones is 1. The number of nitro groups is 1. The Morgan fingerprint density at radius 3 is 2.36 bits per heavy atom. The highest BCUT2D eigenvalue weighted by Crippen LogP contribution is 2.39. The zero-order valence-corrected chi connectivity index (χ0v) is 14.3. The third-order valence-electron chi connectivity index (χ3n) is 4.29. The Bertz CT molecular complexity index is 1010. The second kappa shape index (κ2) is 7.31. The predicted molar refractivity (Wildman–Crippen MR) is 96.2 cm³/mol. The summed E-state index contributed by atoms with van der Waals surface area (Å²) in [5.74, 6) is -4.00. The van der Waals surface area contributed by atoms with E-state index in [0.717, 1.165) is 11.0 Å². The number of Topliss-reactive ketones (excluding diaryl/α,β-unsaturated/α-hetero) is 1. The number of nitro benzene ring substituents is 1. The van der Waals surface area contributed by atoms with Crippen LogP contribution < -0.4 is 0 Å². The maximum Gasteiger partial charge on any atom is 0.323 e. The van der Waals surface area contributed by atoms with Crippen molar-refractivity contribution in [1.29, 1.82) is 0 Å². The van der Waals surface area contributed by atoms with Crippen LogP contribution in [0.5, 0.6) is 0 Å². The Morgan fingerprint density at radius 1 is 1.07 bits per heavy atom. The molecule has 0 aromatic heterocycles. The Balaban J connectivity index is 2.23. The van der Waals surface area contributed by atoms with Gasteiger partial charge in [-0.15, -0.1) is 0 Å². The van der Waals surface area contributed by atoms with E-state index in [9.17, 15) is 29.6 Å². The van der Waals surface area contributed by atoms with Crippen LogP contribution >= 0.6 is 0 Å². The minimum absolute atomic E-state index is 0.145. The number of amides is 1. The van der Waals surface area contributed by atoms with E-state index in [0.29, 0.717) is 0 Å². The van der Waals surface area contributed by atoms with E-state index in [4.69, 9.17) is 5.11 Å². The molecule has 1 fully saturated rings. The molecule has 9 heteroatoms. The van der Waals surface area contributed by atoms with Crippen LogP contribution in [-0.2, 0) is 14.4 Å². The lowest BCUT2D eigenvalue weighted by Crippen LogP contribution is -2.34. The van der Waals surface area contributed by atoms with Crippen LogP contribution in [0, 0.1) is 10.1 Å². The van der Waals surface area contributed by atoms with Crippen LogP contribution in [0.2, 0.25) is 0 Å². The summed E-state index contributed by atoms with van der Waals surface area (Å²) in [4.78, 5) is 47.4. The summed E-state index contributed by atoms with van der Waals surface area (Å²) in [6, 6.07) is 11.8. The molecule has 0 aliphatic carbocycles. The van der Waals surface area contributed by atoms with Crippen molar-refractivity contribution in [2.75, 3.05) is 6.54 Å². The number of aliphatic hydroxyl groups is 1. The summed E-state index contributed by atoms with van der Waals surface area (Å²) in [6.45, 7) is -0.802. The first-order chi connectivity index (χ1) is 13.3. The molecule has 0 saturated carbocycles. The van der Waals surface area contributed by atoms with Crippen LogP contribution in [0.3, 0.4) is 0 Å². The topological polar surface area (TPSA) is 138 Å². The molecule has 2 aromatic rings. The molecule has 1 saturated heterocycles. The lowest BCUT2D eigenvalue weighted by molar-refractivity contribution is -0.384. The van der Waals surface area contributed by atoms with Gasteiger partial charge >= 0.3 is 5.97 Å². The fourth-order valence-corrected chi connectivity index (χ4v) is 3.10. The van der Waals surface area contributed by atoms with Crippen molar-refractivity contribution in [3.05, 3.63) is 81.4 Å². The number of aliphatic hydroxyl groups excluding tert-OH is 1. The zero-order valence-electron chi connectivity index (χ0n) is 14.3. The molecule has 1 aliphatic rings. The number of nitrogens with zero attached hydrogens (tertiary/aromatic N) is 2. The van der Waals surface area contributed by atoms with Crippen molar-refractivity contribution >= 4 is 29.1 Å². The van der Waals surface area contributed by atoms with Crippen molar-refractivity contribution < 1.29 is 29.5 Å². The minimum Gasteiger partial charge on any atom is -0.507 e. The molecule has 3 rings (SSSR count). The molecule has 0 bridgehead atoms. The number of benzene rings is 2. The number of hydrogen-bond donors (Lipinski definition) is 2. The Morgan fingerprint density at radius 2 is 1.75 bits per heavy atom. The number of carbonyl (C=O) groups is 3. The molecule has 1 heterocycles. The first-order valence-electron chi connectivity index (χ1n) is 8.11. The number of aliphatic carboxylic acids is 1. The molecule has 28 heavy (non-hydrogen) atoms. The van der Waals surface area contributed by atoms with E-state index in [2.05, 4.69) is 0 Å². The van der Waals surface area contributed by atoms with Crippen molar-refractivity contribution in [3.63, 3.8) is 0 Å². The van der Waals surface area contributed by atoms with Crippen LogP contribution in [-0.4, -0.2) is 44.2 Å². The van der Waals surface area contributed by atoms with E-state index >= 15 is 0 Å². The standard InChI is InChI=1S/C19H14N2O7/c22-14(23)10-20-16(12-7-4-8-13(9-12)21(27)28)15(18(25)19(20)26)17(24)11-5-2-1-3-6-11/h1-9,16,24H,10H2,(H,22,23). The smallest absolute Gasteiger partial charge is 0.323 e. The van der Waals surface area contributed by atoms with Gasteiger partial charge in [0.1, 0.15) is 12.3 Å². The molecule has 2 aromatic carbocycles. The molecular formula is C19H14N2O7. The second-order valence-electron chi connectivity index (χ2n) is 6.04. The first-order valence-corrected chi connectivity index (χ1v) is 8.11. The largest absolute Gasteiger partial charge is 0.507 e. The highest BCUT2D eigenvalue weighted by atomic mass is 16.6. The van der Waals surface area contributed by atoms with Gasteiger partial charge in [0.05, 0.1) is 16.5 Å². The van der Waals surface area contributed by atoms with Gasteiger partial charge < -0.3 is 15.1 Å². The molecule has 0 spiro atoms. The molecule has 1 atom stereocenters. The summed E-state index contributed by atoms with van der Waals surface area (Å²) >= 11 is 0. The average molecular weight is 382 g/mol. The Hall–Kier alpha value is -4.01. The summed E-state index contributed by atoms with van der Waals surface area (Å²) in [6.07, 6.45) is 0. The van der Waals surface area contributed by atoms with Gasteiger partial charge in [0.15, 0.2) is 0 Å². The molecule has 1 amide bonds. The molecular weight excluding hydrogens is 368 g/mol. The highest BCUT2D eigenvalue weighted by Gasteiger charge is 2.47. The normalized spacial score (nSPS) is 18.3. The van der Waals surface area contributed by atoms with Crippen molar-refractivity contribution in [2.24, 2.45) is 0 Å². The van der Waals surface area contributed by atoms with Gasteiger partial charge in [-0.1, -0.05) is 42.5 Å². The van der Waals surface area contributed by atoms with Crippen LogP contribution in [0.15, 0.2) is 60.2 Å². The third-order valence-corrected chi connectivity index (χ3v) is 4.29. The Kier molecular flexibility index (Phi) is 4.90. The van der Waals surface area contributed by atoms with Crippen molar-refractivity contribution in [3.8, 4) is 0 Å². The quantitative estimate of drug-likeness (QED) is 0.265. The number of carboxylic acids is 1. The summed E-state index contributed by atoms with van der Waals surface area (Å²) in [5.41, 5.74) is -0.213. The fraction of sp³-hybridized carbons (Fsp3) is 0.105. The van der Waals surface area contributed by atoms with Gasteiger partial charge in [0.25, 0.3) is 17.4 Å². The number of carbonyl (C=O) groups excluding carboxylic acids is 2. The van der Waals surface area contributed by atoms with Gasteiger partial charge in [-0.3, -0.25) is 24.5 Å². The second-order valence-corrected chi connectivity index (χ2v) is 6.04. The molecule has 142 valence electrons. The first kappa shape index (κ1) is 18.8. The minimum atomic E-state index is -1.36. The fourth-order valence-electron chi connectivity index (χ4n) is 3.10. The maximum absolute atomic E-state index is 12.6. The van der Waals surface area contributed by atoms with Crippen LogP contribution in [0.1, 0.15) is 17.2 Å². The lowest BCUT2D eigenvalue weighted by Gasteiger charge is -2.23. The van der Waals surface area contributed by atoms with E-state index in [1.165, 1.54) is 30.3 Å². The zero-order chi connectivity index (χ0) is 20.4. The predicted octanol–water partition coefficient (Wildman–Crippen LogP) is 2.10. The highest BCUT2D eigenvalue weighted by molar-refractivity contribution is 6.46. The summed E-state index contributed by atoms with van der Waals surface area (Å²) < 4.78 is 0. The lowest BCUT2D eigenvalue weighted by atomic mass is 9.95. The van der Waals surface area contributed by atoms with Crippen LogP contribution in [0.25, 0.3) is 5.76 Å². The summed E-state index contributed by atoms with van der Waals surface area (Å²) in [5, 5.41) is 30.9. The van der Waals surface area contributed by atoms with E-state index < -0.39 is 40.9 Å². The van der Waals surface area contributed by atoms with Crippen LogP contribution in [0.4, 0.5) is 5.69 Å². The van der Waals surface area contributed by atoms with Crippen molar-refractivity contribution in [2.45, 2.75) is 6.04 Å². The van der Waals surface area contributed by atoms with Gasteiger partial charge in [0.2, 0.25) is 0 Å². The third kappa shape index (κ3) is 3.32. The molecule has 0 radical (unpaired) electrons. The van der Waals surface area contributed by atoms with Crippen molar-refractivity contribution in [1.82, 2.24) is 4.90 Å². The molecule has 1 unspecified atom stereocenters. The monoisotopic (exact) mass is 382 g/mol. The molecule has 9 nitrogen and oxygen atoms in total. The van der Waals surface area contributed by atoms with E-state index in [1.807, 2.05) is 0 Å². The SMILES string of the molecule is O=C(O)CN1C(=O)C(=O)C(=C(O)c2ccccc2)C1c1cccc([N+](=O)[O-])c1. The van der Waals surface area contributed by atoms with Gasteiger partial charge in [-0.2, -0.15) is 0 Å². The average Bonchev–Trinajstić information content (AvgIpc) is 2.92. The number of carboxylic acid groups (broad SMARTS) is 1. The number of non-ortho nitro benzene ring substituents is 1. The summed E-state index contributed by atoms with van der Waals surface area (Å²) in [7, 11) is 0. The van der Waals surface area contributed by atoms with Gasteiger partial charge in [-0.25, -0.2) is 0 Å². The molecule has 2 N–H and O–H groups in total. The maximum atomic E-state index is 12.6. The van der Waals surface area contributed by atoms with E-state index in [1.54, 1.807) is 18.2 Å². The van der Waals surface area contributed by atoms with Gasteiger partial charge in [0, 0.05) is 17.7 Å². The Labute approximate surface area is 158 Å². The number of likely N-dealkylation sites (tertiary alicyclic amines) is 1. The van der Waals surface area contributed by atoms with E-state index in [-0.39, 0.29) is 22.4 Å². The molecule has 1 aliphatic heterocycles.